The minimum absolute atomic E-state index is 0.211. The van der Waals surface area contributed by atoms with Crippen LogP contribution in [0, 0.1) is 12.7 Å². The number of hydrogen-bond acceptors (Lipinski definition) is 4. The predicted molar refractivity (Wildman–Crippen MR) is 74.3 cm³/mol. The van der Waals surface area contributed by atoms with Crippen molar-refractivity contribution < 1.29 is 17.5 Å². The number of halogens is 1. The third kappa shape index (κ3) is 2.94. The Morgan fingerprint density at radius 2 is 2.15 bits per heavy atom. The topological polar surface area (TPSA) is 72.6 Å². The van der Waals surface area contributed by atoms with E-state index in [0.717, 1.165) is 0 Å². The maximum absolute atomic E-state index is 14.1. The highest BCUT2D eigenvalue weighted by Gasteiger charge is 2.30. The molecule has 2 rings (SSSR count). The third-order valence-electron chi connectivity index (χ3n) is 3.28. The molecular formula is C13H19FN2O3S. The minimum Gasteiger partial charge on any atom is -0.399 e. The van der Waals surface area contributed by atoms with Gasteiger partial charge in [-0.25, -0.2) is 12.8 Å². The first-order chi connectivity index (χ1) is 9.32. The summed E-state index contributed by atoms with van der Waals surface area (Å²) in [7, 11) is -3.90. The Hall–Kier alpha value is -1.18. The molecule has 2 N–H and O–H groups in total. The van der Waals surface area contributed by atoms with Crippen molar-refractivity contribution in [3.63, 3.8) is 0 Å². The number of sulfonamides is 1. The molecule has 1 fully saturated rings. The summed E-state index contributed by atoms with van der Waals surface area (Å²) in [4.78, 5) is -0.357. The highest BCUT2D eigenvalue weighted by molar-refractivity contribution is 7.89. The Bertz CT molecular complexity index is 604. The summed E-state index contributed by atoms with van der Waals surface area (Å²) in [5.41, 5.74) is 6.10. The lowest BCUT2D eigenvalue weighted by Gasteiger charge is -2.22. The van der Waals surface area contributed by atoms with Gasteiger partial charge in [0.05, 0.1) is 6.10 Å². The van der Waals surface area contributed by atoms with Crippen LogP contribution >= 0.6 is 0 Å². The average molecular weight is 302 g/mol. The molecule has 1 aromatic carbocycles. The van der Waals surface area contributed by atoms with Crippen LogP contribution in [0.15, 0.2) is 17.0 Å². The molecule has 1 atom stereocenters. The number of aryl methyl sites for hydroxylation is 1. The monoisotopic (exact) mass is 302 g/mol. The van der Waals surface area contributed by atoms with Gasteiger partial charge in [0.15, 0.2) is 0 Å². The molecule has 1 aliphatic rings. The van der Waals surface area contributed by atoms with Gasteiger partial charge in [-0.3, -0.25) is 0 Å². The van der Waals surface area contributed by atoms with Gasteiger partial charge in [-0.2, -0.15) is 4.31 Å². The van der Waals surface area contributed by atoms with Crippen LogP contribution in [-0.4, -0.2) is 38.5 Å². The van der Waals surface area contributed by atoms with E-state index in [0.29, 0.717) is 19.6 Å². The standard InChI is InChI=1S/C13H19FN2O3S/c1-9-6-11(15)7-12(13(9)14)20(17,18)16-4-3-5-19-10(2)8-16/h6-7,10H,3-5,8,15H2,1-2H3. The van der Waals surface area contributed by atoms with Crippen molar-refractivity contribution in [1.29, 1.82) is 0 Å². The molecule has 0 bridgehead atoms. The molecule has 0 aromatic heterocycles. The SMILES string of the molecule is Cc1cc(N)cc(S(=O)(=O)N2CCCOC(C)C2)c1F. The zero-order valence-corrected chi connectivity index (χ0v) is 12.4. The summed E-state index contributed by atoms with van der Waals surface area (Å²) in [6.45, 7) is 4.34. The van der Waals surface area contributed by atoms with Crippen LogP contribution in [0.1, 0.15) is 18.9 Å². The van der Waals surface area contributed by atoms with Crippen LogP contribution in [0.3, 0.4) is 0 Å². The lowest BCUT2D eigenvalue weighted by Crippen LogP contribution is -2.36. The molecule has 0 aliphatic carbocycles. The average Bonchev–Trinajstić information content (AvgIpc) is 2.58. The number of hydrogen-bond donors (Lipinski definition) is 1. The number of rotatable bonds is 2. The van der Waals surface area contributed by atoms with Crippen molar-refractivity contribution in [2.75, 3.05) is 25.4 Å². The fourth-order valence-corrected chi connectivity index (χ4v) is 3.99. The van der Waals surface area contributed by atoms with Crippen molar-refractivity contribution >= 4 is 15.7 Å². The molecule has 0 saturated carbocycles. The minimum atomic E-state index is -3.90. The van der Waals surface area contributed by atoms with Gasteiger partial charge in [0.2, 0.25) is 10.0 Å². The number of nitrogens with two attached hydrogens (primary N) is 1. The van der Waals surface area contributed by atoms with Crippen molar-refractivity contribution in [3.05, 3.63) is 23.5 Å². The van der Waals surface area contributed by atoms with Gasteiger partial charge in [0.25, 0.3) is 0 Å². The van der Waals surface area contributed by atoms with E-state index in [9.17, 15) is 12.8 Å². The van der Waals surface area contributed by atoms with Gasteiger partial charge in [-0.05, 0) is 38.0 Å². The molecule has 0 spiro atoms. The van der Waals surface area contributed by atoms with Gasteiger partial charge in [0, 0.05) is 25.4 Å². The Labute approximate surface area is 118 Å². The maximum atomic E-state index is 14.1. The molecule has 1 aliphatic heterocycles. The summed E-state index contributed by atoms with van der Waals surface area (Å²) < 4.78 is 46.0. The maximum Gasteiger partial charge on any atom is 0.246 e. The molecule has 1 aromatic rings. The molecular weight excluding hydrogens is 283 g/mol. The van der Waals surface area contributed by atoms with Gasteiger partial charge < -0.3 is 10.5 Å². The van der Waals surface area contributed by atoms with Crippen LogP contribution in [0.4, 0.5) is 10.1 Å². The Balaban J connectivity index is 2.44. The summed E-state index contributed by atoms with van der Waals surface area (Å²) in [6.07, 6.45) is 0.379. The van der Waals surface area contributed by atoms with Crippen molar-refractivity contribution in [2.24, 2.45) is 0 Å². The fourth-order valence-electron chi connectivity index (χ4n) is 2.27. The number of ether oxygens (including phenoxy) is 1. The quantitative estimate of drug-likeness (QED) is 0.841. The van der Waals surface area contributed by atoms with E-state index in [-0.39, 0.29) is 28.8 Å². The summed E-state index contributed by atoms with van der Waals surface area (Å²) in [5.74, 6) is -0.739. The molecule has 112 valence electrons. The Morgan fingerprint density at radius 1 is 1.45 bits per heavy atom. The molecule has 0 radical (unpaired) electrons. The van der Waals surface area contributed by atoms with Gasteiger partial charge in [0.1, 0.15) is 10.7 Å². The van der Waals surface area contributed by atoms with E-state index in [1.165, 1.54) is 23.4 Å². The number of anilines is 1. The van der Waals surface area contributed by atoms with E-state index in [1.54, 1.807) is 6.92 Å². The second-order valence-electron chi connectivity index (χ2n) is 5.05. The van der Waals surface area contributed by atoms with Crippen LogP contribution < -0.4 is 5.73 Å². The Morgan fingerprint density at radius 3 is 2.85 bits per heavy atom. The predicted octanol–water partition coefficient (Wildman–Crippen LogP) is 1.52. The van der Waals surface area contributed by atoms with E-state index in [1.807, 2.05) is 0 Å². The smallest absolute Gasteiger partial charge is 0.246 e. The molecule has 1 heterocycles. The van der Waals surface area contributed by atoms with Gasteiger partial charge in [-0.1, -0.05) is 0 Å². The largest absolute Gasteiger partial charge is 0.399 e. The third-order valence-corrected chi connectivity index (χ3v) is 5.14. The first kappa shape index (κ1) is 15.2. The zero-order valence-electron chi connectivity index (χ0n) is 11.6. The van der Waals surface area contributed by atoms with Crippen LogP contribution in [0.2, 0.25) is 0 Å². The van der Waals surface area contributed by atoms with Crippen molar-refractivity contribution in [2.45, 2.75) is 31.3 Å². The first-order valence-corrected chi connectivity index (χ1v) is 7.93. The van der Waals surface area contributed by atoms with Crippen molar-refractivity contribution in [3.8, 4) is 0 Å². The first-order valence-electron chi connectivity index (χ1n) is 6.49. The fraction of sp³-hybridized carbons (Fsp3) is 0.538. The van der Waals surface area contributed by atoms with Crippen LogP contribution in [0.5, 0.6) is 0 Å². The van der Waals surface area contributed by atoms with Gasteiger partial charge >= 0.3 is 0 Å². The van der Waals surface area contributed by atoms with Gasteiger partial charge in [-0.15, -0.1) is 0 Å². The zero-order chi connectivity index (χ0) is 14.9. The highest BCUT2D eigenvalue weighted by atomic mass is 32.2. The van der Waals surface area contributed by atoms with E-state index in [4.69, 9.17) is 10.5 Å². The summed E-state index contributed by atoms with van der Waals surface area (Å²) in [5, 5.41) is 0. The lowest BCUT2D eigenvalue weighted by atomic mass is 10.2. The second kappa shape index (κ2) is 5.67. The lowest BCUT2D eigenvalue weighted by molar-refractivity contribution is 0.0752. The van der Waals surface area contributed by atoms with Crippen LogP contribution in [-0.2, 0) is 14.8 Å². The second-order valence-corrected chi connectivity index (χ2v) is 6.95. The number of nitrogen functional groups attached to an aromatic ring is 1. The molecule has 1 saturated heterocycles. The molecule has 0 amide bonds. The molecule has 7 heteroatoms. The normalized spacial score (nSPS) is 21.6. The van der Waals surface area contributed by atoms with Crippen LogP contribution in [0.25, 0.3) is 0 Å². The van der Waals surface area contributed by atoms with Crippen molar-refractivity contribution in [1.82, 2.24) is 4.31 Å². The van der Waals surface area contributed by atoms with E-state index in [2.05, 4.69) is 0 Å². The molecule has 5 nitrogen and oxygen atoms in total. The van der Waals surface area contributed by atoms with E-state index >= 15 is 0 Å². The summed E-state index contributed by atoms with van der Waals surface area (Å²) in [6, 6.07) is 2.59. The number of benzene rings is 1. The van der Waals surface area contributed by atoms with E-state index < -0.39 is 15.8 Å². The summed E-state index contributed by atoms with van der Waals surface area (Å²) >= 11 is 0. The molecule has 1 unspecified atom stereocenters. The number of nitrogens with zero attached hydrogens (tertiary/aromatic N) is 1. The molecule has 20 heavy (non-hydrogen) atoms. The highest BCUT2D eigenvalue weighted by Crippen LogP contribution is 2.25. The Kier molecular flexibility index (Phi) is 4.31.